The van der Waals surface area contributed by atoms with E-state index in [4.69, 9.17) is 17.0 Å². The number of carbonyl (C=O) groups excluding carboxylic acids is 1. The summed E-state index contributed by atoms with van der Waals surface area (Å²) in [7, 11) is 3.29. The number of guanidine groups is 1. The minimum absolute atomic E-state index is 0.0778. The monoisotopic (exact) mass is 296 g/mol. The Bertz CT molecular complexity index is 493. The minimum Gasteiger partial charge on any atom is -0.333 e. The Morgan fingerprint density at radius 3 is 2.15 bits per heavy atom. The highest BCUT2D eigenvalue weighted by Crippen LogP contribution is 2.17. The Hall–Kier alpha value is -1.75. The number of nitrogens with one attached hydrogen (secondary N) is 2. The van der Waals surface area contributed by atoms with E-state index >= 15 is 0 Å². The molecule has 0 atom stereocenters. The van der Waals surface area contributed by atoms with E-state index < -0.39 is 0 Å². The van der Waals surface area contributed by atoms with Gasteiger partial charge in [-0.15, -0.1) is 0 Å². The Balaban J connectivity index is 2.78. The third-order valence-electron chi connectivity index (χ3n) is 2.64. The van der Waals surface area contributed by atoms with Crippen LogP contribution in [0.15, 0.2) is 24.3 Å². The lowest BCUT2D eigenvalue weighted by atomic mass is 10.1. The summed E-state index contributed by atoms with van der Waals surface area (Å²) in [6.07, 6.45) is 0. The Labute approximate surface area is 125 Å². The molecule has 1 rings (SSSR count). The van der Waals surface area contributed by atoms with E-state index in [-0.39, 0.29) is 17.5 Å². The molecule has 0 bridgehead atoms. The topological polar surface area (TPSA) is 59.4 Å². The molecule has 0 aliphatic heterocycles. The van der Waals surface area contributed by atoms with Gasteiger partial charge in [0.15, 0.2) is 0 Å². The number of anilines is 1. The fourth-order valence-electron chi connectivity index (χ4n) is 1.51. The number of rotatable bonds is 1. The molecule has 110 valence electrons. The van der Waals surface area contributed by atoms with E-state index in [1.807, 2.05) is 20.8 Å². The van der Waals surface area contributed by atoms with Crippen molar-refractivity contribution in [2.75, 3.05) is 19.0 Å². The molecule has 6 heteroatoms. The van der Waals surface area contributed by atoms with E-state index in [2.05, 4.69) is 5.32 Å². The van der Waals surface area contributed by atoms with Gasteiger partial charge in [-0.25, -0.2) is 4.79 Å². The highest BCUT2D eigenvalue weighted by Gasteiger charge is 2.22. The molecule has 1 aromatic carbocycles. The molecule has 0 aromatic heterocycles. The van der Waals surface area contributed by atoms with Gasteiger partial charge in [0.25, 0.3) is 0 Å². The zero-order valence-electron chi connectivity index (χ0n) is 12.5. The van der Waals surface area contributed by atoms with E-state index in [9.17, 15) is 4.79 Å². The van der Waals surface area contributed by atoms with Crippen molar-refractivity contribution in [3.63, 3.8) is 0 Å². The maximum Gasteiger partial charge on any atom is 0.324 e. The second kappa shape index (κ2) is 6.13. The van der Waals surface area contributed by atoms with Crippen molar-refractivity contribution in [2.24, 2.45) is 0 Å². The average Bonchev–Trinajstić information content (AvgIpc) is 2.35. The maximum absolute atomic E-state index is 12.0. The molecule has 0 heterocycles. The van der Waals surface area contributed by atoms with Gasteiger partial charge in [-0.05, 0) is 45.0 Å². The summed E-state index contributed by atoms with van der Waals surface area (Å²) in [4.78, 5) is 14.9. The second-order valence-corrected chi connectivity index (χ2v) is 6.03. The van der Waals surface area contributed by atoms with Gasteiger partial charge >= 0.3 is 6.03 Å². The molecule has 0 aliphatic carbocycles. The lowest BCUT2D eigenvalue weighted by Crippen LogP contribution is -2.52. The molecule has 0 fully saturated rings. The molecule has 0 spiro atoms. The van der Waals surface area contributed by atoms with Gasteiger partial charge in [-0.1, -0.05) is 11.6 Å². The second-order valence-electron chi connectivity index (χ2n) is 5.60. The van der Waals surface area contributed by atoms with Crippen molar-refractivity contribution < 1.29 is 4.79 Å². The summed E-state index contributed by atoms with van der Waals surface area (Å²) in [5.41, 5.74) is 0.444. The molecule has 1 aromatic rings. The number of benzene rings is 1. The van der Waals surface area contributed by atoms with Crippen LogP contribution in [0.3, 0.4) is 0 Å². The predicted octanol–water partition coefficient (Wildman–Crippen LogP) is 3.15. The zero-order valence-corrected chi connectivity index (χ0v) is 13.2. The van der Waals surface area contributed by atoms with Gasteiger partial charge < -0.3 is 10.2 Å². The zero-order chi connectivity index (χ0) is 15.5. The van der Waals surface area contributed by atoms with Crippen LogP contribution in [0, 0.1) is 5.41 Å². The standard InChI is InChI=1S/C14H21ClN4O/c1-14(2,3)17-13(20)19(5)12(16)18(4)11-8-6-10(15)7-9-11/h6-9,16H,1-5H3,(H,17,20). The number of urea groups is 1. The summed E-state index contributed by atoms with van der Waals surface area (Å²) in [6.45, 7) is 5.68. The van der Waals surface area contributed by atoms with Crippen LogP contribution in [0.2, 0.25) is 5.02 Å². The molecule has 2 N–H and O–H groups in total. The summed E-state index contributed by atoms with van der Waals surface area (Å²) < 4.78 is 0. The average molecular weight is 297 g/mol. The molecule has 0 saturated heterocycles. The summed E-state index contributed by atoms with van der Waals surface area (Å²) in [6, 6.07) is 6.77. The third kappa shape index (κ3) is 4.42. The number of hydrogen-bond acceptors (Lipinski definition) is 2. The van der Waals surface area contributed by atoms with Crippen LogP contribution in [0.4, 0.5) is 10.5 Å². The Morgan fingerprint density at radius 2 is 1.70 bits per heavy atom. The molecule has 0 aliphatic rings. The SMILES string of the molecule is CN(C(=N)N(C)c1ccc(Cl)cc1)C(=O)NC(C)(C)C. The van der Waals surface area contributed by atoms with Crippen LogP contribution in [0.1, 0.15) is 20.8 Å². The van der Waals surface area contributed by atoms with E-state index in [1.165, 1.54) is 4.90 Å². The molecule has 0 unspecified atom stereocenters. The minimum atomic E-state index is -0.343. The van der Waals surface area contributed by atoms with E-state index in [1.54, 1.807) is 43.3 Å². The fraction of sp³-hybridized carbons (Fsp3) is 0.429. The van der Waals surface area contributed by atoms with Gasteiger partial charge in [0, 0.05) is 30.3 Å². The van der Waals surface area contributed by atoms with Crippen molar-refractivity contribution in [1.82, 2.24) is 10.2 Å². The molecule has 2 amide bonds. The van der Waals surface area contributed by atoms with Crippen LogP contribution in [0.25, 0.3) is 0 Å². The fourth-order valence-corrected chi connectivity index (χ4v) is 1.64. The maximum atomic E-state index is 12.0. The first-order chi connectivity index (χ1) is 9.11. The first-order valence-electron chi connectivity index (χ1n) is 6.25. The van der Waals surface area contributed by atoms with E-state index in [0.717, 1.165) is 5.69 Å². The first kappa shape index (κ1) is 16.3. The number of nitrogens with zero attached hydrogens (tertiary/aromatic N) is 2. The third-order valence-corrected chi connectivity index (χ3v) is 2.89. The predicted molar refractivity (Wildman–Crippen MR) is 83.6 cm³/mol. The van der Waals surface area contributed by atoms with Crippen molar-refractivity contribution in [2.45, 2.75) is 26.3 Å². The summed E-state index contributed by atoms with van der Waals surface area (Å²) in [5.74, 6) is 0.0778. The smallest absolute Gasteiger partial charge is 0.324 e. The molecule has 0 radical (unpaired) electrons. The van der Waals surface area contributed by atoms with Crippen LogP contribution >= 0.6 is 11.6 Å². The summed E-state index contributed by atoms with van der Waals surface area (Å²) in [5, 5.41) is 11.5. The van der Waals surface area contributed by atoms with Gasteiger partial charge in [0.1, 0.15) is 0 Å². The quantitative estimate of drug-likeness (QED) is 0.618. The van der Waals surface area contributed by atoms with Crippen molar-refractivity contribution in [3.8, 4) is 0 Å². The highest BCUT2D eigenvalue weighted by atomic mass is 35.5. The molecule has 0 saturated carbocycles. The largest absolute Gasteiger partial charge is 0.333 e. The number of halogens is 1. The van der Waals surface area contributed by atoms with Crippen molar-refractivity contribution in [1.29, 1.82) is 5.41 Å². The molecular weight excluding hydrogens is 276 g/mol. The first-order valence-corrected chi connectivity index (χ1v) is 6.63. The Kier molecular flexibility index (Phi) is 5.00. The van der Waals surface area contributed by atoms with Gasteiger partial charge in [-0.3, -0.25) is 10.3 Å². The Morgan fingerprint density at radius 1 is 1.20 bits per heavy atom. The molecule has 5 nitrogen and oxygen atoms in total. The molecular formula is C14H21ClN4O. The lowest BCUT2D eigenvalue weighted by molar-refractivity contribution is 0.216. The number of amides is 2. The van der Waals surface area contributed by atoms with Gasteiger partial charge in [0.2, 0.25) is 5.96 Å². The van der Waals surface area contributed by atoms with Crippen LogP contribution in [-0.4, -0.2) is 36.5 Å². The normalized spacial score (nSPS) is 10.9. The van der Waals surface area contributed by atoms with Gasteiger partial charge in [0.05, 0.1) is 0 Å². The van der Waals surface area contributed by atoms with Crippen LogP contribution in [0.5, 0.6) is 0 Å². The number of carbonyl (C=O) groups is 1. The summed E-state index contributed by atoms with van der Waals surface area (Å²) >= 11 is 5.83. The van der Waals surface area contributed by atoms with Crippen LogP contribution < -0.4 is 10.2 Å². The highest BCUT2D eigenvalue weighted by molar-refractivity contribution is 6.30. The van der Waals surface area contributed by atoms with Crippen LogP contribution in [-0.2, 0) is 0 Å². The molecule has 20 heavy (non-hydrogen) atoms. The van der Waals surface area contributed by atoms with Gasteiger partial charge in [-0.2, -0.15) is 0 Å². The lowest BCUT2D eigenvalue weighted by Gasteiger charge is -2.30. The van der Waals surface area contributed by atoms with Crippen molar-refractivity contribution >= 4 is 29.3 Å². The van der Waals surface area contributed by atoms with E-state index in [0.29, 0.717) is 5.02 Å². The number of hydrogen-bond donors (Lipinski definition) is 2. The van der Waals surface area contributed by atoms with Crippen molar-refractivity contribution in [3.05, 3.63) is 29.3 Å².